The topological polar surface area (TPSA) is 42.0 Å². The van der Waals surface area contributed by atoms with Crippen molar-refractivity contribution in [2.45, 2.75) is 45.3 Å². The van der Waals surface area contributed by atoms with Crippen LogP contribution in [-0.4, -0.2) is 73.7 Å². The SMILES string of the molecule is CC(C)N1CCC(Oc2ccc(CC(=O)CN3CCOCC3)cc2)CC1. The lowest BCUT2D eigenvalue weighted by Crippen LogP contribution is -2.41. The predicted octanol–water partition coefficient (Wildman–Crippen LogP) is 2.38. The van der Waals surface area contributed by atoms with Gasteiger partial charge >= 0.3 is 0 Å². The molecule has 0 N–H and O–H groups in total. The monoisotopic (exact) mass is 360 g/mol. The van der Waals surface area contributed by atoms with E-state index in [1.807, 2.05) is 24.3 Å². The van der Waals surface area contributed by atoms with Gasteiger partial charge in [-0.05, 0) is 44.4 Å². The molecule has 26 heavy (non-hydrogen) atoms. The third-order valence-electron chi connectivity index (χ3n) is 5.34. The molecule has 1 aromatic carbocycles. The van der Waals surface area contributed by atoms with Gasteiger partial charge < -0.3 is 14.4 Å². The summed E-state index contributed by atoms with van der Waals surface area (Å²) >= 11 is 0. The fourth-order valence-electron chi connectivity index (χ4n) is 3.68. The van der Waals surface area contributed by atoms with E-state index in [0.29, 0.717) is 25.1 Å². The standard InChI is InChI=1S/C21H32N2O3/c1-17(2)23-9-7-21(8-10-23)26-20-5-3-18(4-6-20)15-19(24)16-22-11-13-25-14-12-22/h3-6,17,21H,7-16H2,1-2H3. The van der Waals surface area contributed by atoms with Gasteiger partial charge in [0.25, 0.3) is 0 Å². The molecule has 2 heterocycles. The lowest BCUT2D eigenvalue weighted by Gasteiger charge is -2.34. The number of morpholine rings is 1. The molecule has 0 atom stereocenters. The van der Waals surface area contributed by atoms with E-state index in [1.165, 1.54) is 0 Å². The largest absolute Gasteiger partial charge is 0.490 e. The molecule has 3 rings (SSSR count). The zero-order valence-corrected chi connectivity index (χ0v) is 16.2. The molecule has 0 saturated carbocycles. The van der Waals surface area contributed by atoms with Crippen LogP contribution in [0.1, 0.15) is 32.3 Å². The van der Waals surface area contributed by atoms with Gasteiger partial charge in [-0.3, -0.25) is 9.69 Å². The summed E-state index contributed by atoms with van der Waals surface area (Å²) in [5, 5.41) is 0. The summed E-state index contributed by atoms with van der Waals surface area (Å²) in [7, 11) is 0. The van der Waals surface area contributed by atoms with E-state index in [-0.39, 0.29) is 5.78 Å². The first-order valence-corrected chi connectivity index (χ1v) is 9.91. The van der Waals surface area contributed by atoms with Crippen LogP contribution in [0.3, 0.4) is 0 Å². The van der Waals surface area contributed by atoms with Crippen LogP contribution in [0, 0.1) is 0 Å². The summed E-state index contributed by atoms with van der Waals surface area (Å²) in [6.07, 6.45) is 2.96. The number of carbonyl (C=O) groups excluding carboxylic acids is 1. The van der Waals surface area contributed by atoms with E-state index >= 15 is 0 Å². The number of nitrogens with zero attached hydrogens (tertiary/aromatic N) is 2. The van der Waals surface area contributed by atoms with Crippen LogP contribution in [0.25, 0.3) is 0 Å². The Hall–Kier alpha value is -1.43. The number of likely N-dealkylation sites (tertiary alicyclic amines) is 1. The van der Waals surface area contributed by atoms with Gasteiger partial charge in [-0.1, -0.05) is 12.1 Å². The maximum absolute atomic E-state index is 12.2. The van der Waals surface area contributed by atoms with Gasteiger partial charge in [0.2, 0.25) is 0 Å². The van der Waals surface area contributed by atoms with Crippen LogP contribution in [0.5, 0.6) is 5.75 Å². The Balaban J connectivity index is 1.42. The van der Waals surface area contributed by atoms with E-state index in [4.69, 9.17) is 9.47 Å². The number of Topliss-reactive ketones (excluding diaryl/α,β-unsaturated/α-hetero) is 1. The van der Waals surface area contributed by atoms with Crippen LogP contribution in [0.15, 0.2) is 24.3 Å². The van der Waals surface area contributed by atoms with Gasteiger partial charge in [-0.2, -0.15) is 0 Å². The van der Waals surface area contributed by atoms with E-state index < -0.39 is 0 Å². The fourth-order valence-corrected chi connectivity index (χ4v) is 3.68. The van der Waals surface area contributed by atoms with E-state index in [2.05, 4.69) is 23.6 Å². The Kier molecular flexibility index (Phi) is 7.06. The molecule has 0 amide bonds. The second-order valence-corrected chi connectivity index (χ2v) is 7.69. The Morgan fingerprint density at radius 1 is 1.12 bits per heavy atom. The lowest BCUT2D eigenvalue weighted by molar-refractivity contribution is -0.120. The summed E-state index contributed by atoms with van der Waals surface area (Å²) < 4.78 is 11.5. The quantitative estimate of drug-likeness (QED) is 0.747. The van der Waals surface area contributed by atoms with E-state index in [9.17, 15) is 4.79 Å². The first kappa shape index (κ1) is 19.3. The smallest absolute Gasteiger partial charge is 0.151 e. The maximum Gasteiger partial charge on any atom is 0.151 e. The molecule has 0 unspecified atom stereocenters. The van der Waals surface area contributed by atoms with Crippen LogP contribution in [0.4, 0.5) is 0 Å². The number of carbonyl (C=O) groups is 1. The minimum atomic E-state index is 0.265. The number of ether oxygens (including phenoxy) is 2. The van der Waals surface area contributed by atoms with Gasteiger partial charge in [-0.15, -0.1) is 0 Å². The second kappa shape index (κ2) is 9.49. The predicted molar refractivity (Wildman–Crippen MR) is 103 cm³/mol. The summed E-state index contributed by atoms with van der Waals surface area (Å²) in [5.41, 5.74) is 1.06. The number of hydrogen-bond donors (Lipinski definition) is 0. The zero-order valence-electron chi connectivity index (χ0n) is 16.2. The number of benzene rings is 1. The molecule has 144 valence electrons. The van der Waals surface area contributed by atoms with Crippen LogP contribution < -0.4 is 4.74 Å². The zero-order chi connectivity index (χ0) is 18.4. The van der Waals surface area contributed by atoms with Gasteiger partial charge in [0.1, 0.15) is 11.9 Å². The van der Waals surface area contributed by atoms with Crippen LogP contribution in [-0.2, 0) is 16.0 Å². The molecule has 5 heteroatoms. The molecule has 0 aliphatic carbocycles. The van der Waals surface area contributed by atoms with Crippen molar-refractivity contribution >= 4 is 5.78 Å². The normalized spacial score (nSPS) is 20.4. The van der Waals surface area contributed by atoms with Gasteiger partial charge in [0, 0.05) is 38.6 Å². The average Bonchev–Trinajstić information content (AvgIpc) is 2.64. The molecule has 2 fully saturated rings. The summed E-state index contributed by atoms with van der Waals surface area (Å²) in [6.45, 7) is 10.4. The third-order valence-corrected chi connectivity index (χ3v) is 5.34. The Morgan fingerprint density at radius 3 is 2.38 bits per heavy atom. The Bertz CT molecular complexity index is 559. The third kappa shape index (κ3) is 5.79. The molecular weight excluding hydrogens is 328 g/mol. The van der Waals surface area contributed by atoms with Crippen molar-refractivity contribution in [2.24, 2.45) is 0 Å². The van der Waals surface area contributed by atoms with E-state index in [0.717, 1.165) is 63.5 Å². The van der Waals surface area contributed by atoms with Crippen molar-refractivity contribution in [3.8, 4) is 5.75 Å². The van der Waals surface area contributed by atoms with Crippen molar-refractivity contribution in [1.29, 1.82) is 0 Å². The van der Waals surface area contributed by atoms with Crippen molar-refractivity contribution in [3.63, 3.8) is 0 Å². The van der Waals surface area contributed by atoms with Gasteiger partial charge in [0.15, 0.2) is 5.78 Å². The first-order valence-electron chi connectivity index (χ1n) is 9.91. The molecule has 2 aliphatic rings. The molecular formula is C21H32N2O3. The molecule has 0 spiro atoms. The summed E-state index contributed by atoms with van der Waals surface area (Å²) in [6, 6.07) is 8.68. The summed E-state index contributed by atoms with van der Waals surface area (Å²) in [5.74, 6) is 1.18. The second-order valence-electron chi connectivity index (χ2n) is 7.69. The molecule has 0 bridgehead atoms. The lowest BCUT2D eigenvalue weighted by atomic mass is 10.1. The number of rotatable bonds is 7. The molecule has 1 aromatic rings. The van der Waals surface area contributed by atoms with Crippen LogP contribution >= 0.6 is 0 Å². The molecule has 5 nitrogen and oxygen atoms in total. The highest BCUT2D eigenvalue weighted by Gasteiger charge is 2.22. The van der Waals surface area contributed by atoms with Gasteiger partial charge in [-0.25, -0.2) is 0 Å². The Labute approximate surface area is 157 Å². The summed E-state index contributed by atoms with van der Waals surface area (Å²) in [4.78, 5) is 16.9. The number of ketones is 1. The molecule has 0 aromatic heterocycles. The highest BCUT2D eigenvalue weighted by molar-refractivity contribution is 5.82. The Morgan fingerprint density at radius 2 is 1.77 bits per heavy atom. The fraction of sp³-hybridized carbons (Fsp3) is 0.667. The molecule has 0 radical (unpaired) electrons. The maximum atomic E-state index is 12.2. The molecule has 2 aliphatic heterocycles. The van der Waals surface area contributed by atoms with Crippen molar-refractivity contribution < 1.29 is 14.3 Å². The number of piperidine rings is 1. The van der Waals surface area contributed by atoms with E-state index in [1.54, 1.807) is 0 Å². The highest BCUT2D eigenvalue weighted by Crippen LogP contribution is 2.21. The first-order chi connectivity index (χ1) is 12.6. The minimum absolute atomic E-state index is 0.265. The molecule has 2 saturated heterocycles. The van der Waals surface area contributed by atoms with Crippen LogP contribution in [0.2, 0.25) is 0 Å². The average molecular weight is 360 g/mol. The minimum Gasteiger partial charge on any atom is -0.490 e. The highest BCUT2D eigenvalue weighted by atomic mass is 16.5. The van der Waals surface area contributed by atoms with Crippen molar-refractivity contribution in [3.05, 3.63) is 29.8 Å². The van der Waals surface area contributed by atoms with Crippen molar-refractivity contribution in [1.82, 2.24) is 9.80 Å². The van der Waals surface area contributed by atoms with Gasteiger partial charge in [0.05, 0.1) is 19.8 Å². The number of hydrogen-bond acceptors (Lipinski definition) is 5. The van der Waals surface area contributed by atoms with Crippen molar-refractivity contribution in [2.75, 3.05) is 45.9 Å².